The largest absolute Gasteiger partial charge is 0.487 e. The van der Waals surface area contributed by atoms with E-state index in [1.165, 1.54) is 12.8 Å². The third-order valence-electron chi connectivity index (χ3n) is 4.50. The Bertz CT molecular complexity index is 690. The van der Waals surface area contributed by atoms with Crippen LogP contribution in [0, 0.1) is 12.8 Å². The number of nitrogens with one attached hydrogen (secondary N) is 1. The minimum atomic E-state index is -0.00972. The van der Waals surface area contributed by atoms with Gasteiger partial charge in [0.15, 0.2) is 0 Å². The Labute approximate surface area is 147 Å². The summed E-state index contributed by atoms with van der Waals surface area (Å²) in [7, 11) is 0. The predicted octanol–water partition coefficient (Wildman–Crippen LogP) is 4.34. The van der Waals surface area contributed by atoms with Crippen LogP contribution in [0.5, 0.6) is 5.75 Å². The van der Waals surface area contributed by atoms with E-state index in [1.54, 1.807) is 17.4 Å². The first-order valence-corrected chi connectivity index (χ1v) is 9.43. The molecule has 0 atom stereocenters. The fourth-order valence-electron chi connectivity index (χ4n) is 3.03. The fourth-order valence-corrected chi connectivity index (χ4v) is 3.63. The number of hydrogen-bond donors (Lipinski definition) is 1. The van der Waals surface area contributed by atoms with Crippen LogP contribution >= 0.6 is 11.3 Å². The molecule has 0 saturated heterocycles. The molecule has 1 aromatic carbocycles. The molecule has 1 amide bonds. The standard InChI is InChI=1S/C19H24N2O2S/c1-13-6-8-16(9-7-13)21-19(22)15-4-3-5-18(10-15)23-11-17-12-24-14(2)20-17/h3-5,10,12-13,16H,6-9,11H2,1-2H3,(H,21,22). The maximum atomic E-state index is 12.4. The van der Waals surface area contributed by atoms with Crippen molar-refractivity contribution in [3.8, 4) is 5.75 Å². The van der Waals surface area contributed by atoms with Gasteiger partial charge in [-0.3, -0.25) is 4.79 Å². The van der Waals surface area contributed by atoms with Crippen LogP contribution in [-0.4, -0.2) is 16.9 Å². The van der Waals surface area contributed by atoms with Gasteiger partial charge in [-0.05, 0) is 56.7 Å². The van der Waals surface area contributed by atoms with Gasteiger partial charge in [-0.1, -0.05) is 13.0 Å². The highest BCUT2D eigenvalue weighted by molar-refractivity contribution is 7.09. The van der Waals surface area contributed by atoms with Crippen LogP contribution in [0.3, 0.4) is 0 Å². The molecule has 1 saturated carbocycles. The van der Waals surface area contributed by atoms with Gasteiger partial charge in [0, 0.05) is 17.0 Å². The van der Waals surface area contributed by atoms with Crippen molar-refractivity contribution in [2.75, 3.05) is 0 Å². The summed E-state index contributed by atoms with van der Waals surface area (Å²) in [5.74, 6) is 1.47. The number of nitrogens with zero attached hydrogens (tertiary/aromatic N) is 1. The molecule has 0 bridgehead atoms. The molecule has 1 aromatic heterocycles. The van der Waals surface area contributed by atoms with Crippen LogP contribution in [0.25, 0.3) is 0 Å². The molecular weight excluding hydrogens is 320 g/mol. The smallest absolute Gasteiger partial charge is 0.251 e. The number of aryl methyl sites for hydroxylation is 1. The number of carbonyl (C=O) groups excluding carboxylic acids is 1. The first kappa shape index (κ1) is 17.0. The van der Waals surface area contributed by atoms with Gasteiger partial charge < -0.3 is 10.1 Å². The topological polar surface area (TPSA) is 51.2 Å². The third-order valence-corrected chi connectivity index (χ3v) is 5.32. The summed E-state index contributed by atoms with van der Waals surface area (Å²) in [6.45, 7) is 4.68. The molecule has 1 heterocycles. The number of benzene rings is 1. The molecule has 5 heteroatoms. The first-order chi connectivity index (χ1) is 11.6. The van der Waals surface area contributed by atoms with Crippen molar-refractivity contribution in [2.24, 2.45) is 5.92 Å². The summed E-state index contributed by atoms with van der Waals surface area (Å²) in [4.78, 5) is 16.8. The van der Waals surface area contributed by atoms with Crippen molar-refractivity contribution in [1.29, 1.82) is 0 Å². The van der Waals surface area contributed by atoms with Gasteiger partial charge in [0.2, 0.25) is 0 Å². The monoisotopic (exact) mass is 344 g/mol. The van der Waals surface area contributed by atoms with Gasteiger partial charge in [0.25, 0.3) is 5.91 Å². The van der Waals surface area contributed by atoms with Crippen molar-refractivity contribution < 1.29 is 9.53 Å². The molecule has 1 N–H and O–H groups in total. The Morgan fingerprint density at radius 1 is 1.33 bits per heavy atom. The van der Waals surface area contributed by atoms with Crippen LogP contribution in [0.15, 0.2) is 29.6 Å². The Morgan fingerprint density at radius 3 is 2.83 bits per heavy atom. The van der Waals surface area contributed by atoms with E-state index in [1.807, 2.05) is 30.5 Å². The Morgan fingerprint density at radius 2 is 2.12 bits per heavy atom. The number of thiazole rings is 1. The number of aromatic nitrogens is 1. The predicted molar refractivity (Wildman–Crippen MR) is 96.5 cm³/mol. The van der Waals surface area contributed by atoms with Gasteiger partial charge in [-0.15, -0.1) is 11.3 Å². The molecule has 0 radical (unpaired) electrons. The van der Waals surface area contributed by atoms with Crippen LogP contribution in [-0.2, 0) is 6.61 Å². The quantitative estimate of drug-likeness (QED) is 0.878. The van der Waals surface area contributed by atoms with E-state index in [4.69, 9.17) is 4.74 Å². The zero-order chi connectivity index (χ0) is 16.9. The van der Waals surface area contributed by atoms with Gasteiger partial charge in [0.1, 0.15) is 12.4 Å². The number of ether oxygens (including phenoxy) is 1. The van der Waals surface area contributed by atoms with Crippen LogP contribution in [0.4, 0.5) is 0 Å². The van der Waals surface area contributed by atoms with E-state index in [2.05, 4.69) is 17.2 Å². The first-order valence-electron chi connectivity index (χ1n) is 8.55. The third kappa shape index (κ3) is 4.57. The minimum absolute atomic E-state index is 0.00972. The summed E-state index contributed by atoms with van der Waals surface area (Å²) in [6.07, 6.45) is 4.54. The average molecular weight is 344 g/mol. The Kier molecular flexibility index (Phi) is 5.51. The molecule has 3 rings (SSSR count). The Hall–Kier alpha value is -1.88. The molecule has 128 valence electrons. The highest BCUT2D eigenvalue weighted by Crippen LogP contribution is 2.24. The summed E-state index contributed by atoms with van der Waals surface area (Å²) in [6, 6.07) is 7.68. The average Bonchev–Trinajstić information content (AvgIpc) is 3.01. The van der Waals surface area contributed by atoms with Gasteiger partial charge >= 0.3 is 0 Å². The molecule has 0 spiro atoms. The van der Waals surface area contributed by atoms with Crippen molar-refractivity contribution in [1.82, 2.24) is 10.3 Å². The highest BCUT2D eigenvalue weighted by Gasteiger charge is 2.20. The maximum absolute atomic E-state index is 12.4. The molecule has 2 aromatic rings. The van der Waals surface area contributed by atoms with Crippen molar-refractivity contribution in [2.45, 2.75) is 52.2 Å². The highest BCUT2D eigenvalue weighted by atomic mass is 32.1. The second-order valence-electron chi connectivity index (χ2n) is 6.60. The normalized spacial score (nSPS) is 20.6. The number of rotatable bonds is 5. The molecule has 4 nitrogen and oxygen atoms in total. The lowest BCUT2D eigenvalue weighted by Gasteiger charge is -2.26. The van der Waals surface area contributed by atoms with Gasteiger partial charge in [0.05, 0.1) is 10.7 Å². The molecule has 1 fully saturated rings. The Balaban J connectivity index is 1.56. The second-order valence-corrected chi connectivity index (χ2v) is 7.67. The van der Waals surface area contributed by atoms with E-state index < -0.39 is 0 Å². The molecule has 24 heavy (non-hydrogen) atoms. The van der Waals surface area contributed by atoms with Gasteiger partial charge in [-0.25, -0.2) is 4.98 Å². The molecule has 1 aliphatic rings. The van der Waals surface area contributed by atoms with E-state index in [0.29, 0.717) is 24.0 Å². The van der Waals surface area contributed by atoms with Gasteiger partial charge in [-0.2, -0.15) is 0 Å². The molecule has 1 aliphatic carbocycles. The van der Waals surface area contributed by atoms with E-state index in [0.717, 1.165) is 29.5 Å². The number of carbonyl (C=O) groups is 1. The van der Waals surface area contributed by atoms with Crippen LogP contribution in [0.1, 0.15) is 53.7 Å². The SMILES string of the molecule is Cc1nc(COc2cccc(C(=O)NC3CCC(C)CC3)c2)cs1. The summed E-state index contributed by atoms with van der Waals surface area (Å²) < 4.78 is 5.76. The summed E-state index contributed by atoms with van der Waals surface area (Å²) in [5.41, 5.74) is 1.57. The van der Waals surface area contributed by atoms with Crippen molar-refractivity contribution in [3.63, 3.8) is 0 Å². The summed E-state index contributed by atoms with van der Waals surface area (Å²) >= 11 is 1.61. The molecule has 0 unspecified atom stereocenters. The fraction of sp³-hybridized carbons (Fsp3) is 0.474. The number of amides is 1. The van der Waals surface area contributed by atoms with Crippen molar-refractivity contribution in [3.05, 3.63) is 45.9 Å². The van der Waals surface area contributed by atoms with Crippen molar-refractivity contribution >= 4 is 17.2 Å². The van der Waals surface area contributed by atoms with Crippen LogP contribution < -0.4 is 10.1 Å². The van der Waals surface area contributed by atoms with E-state index in [-0.39, 0.29) is 5.91 Å². The zero-order valence-corrected chi connectivity index (χ0v) is 15.1. The number of hydrogen-bond acceptors (Lipinski definition) is 4. The summed E-state index contributed by atoms with van der Waals surface area (Å²) in [5, 5.41) is 6.18. The van der Waals surface area contributed by atoms with Crippen LogP contribution in [0.2, 0.25) is 0 Å². The lowest BCUT2D eigenvalue weighted by atomic mass is 9.87. The minimum Gasteiger partial charge on any atom is -0.487 e. The van der Waals surface area contributed by atoms with E-state index >= 15 is 0 Å². The molecular formula is C19H24N2O2S. The lowest BCUT2D eigenvalue weighted by Crippen LogP contribution is -2.37. The molecule has 0 aliphatic heterocycles. The zero-order valence-electron chi connectivity index (χ0n) is 14.2. The maximum Gasteiger partial charge on any atom is 0.251 e. The second kappa shape index (κ2) is 7.79. The lowest BCUT2D eigenvalue weighted by molar-refractivity contribution is 0.0922. The van der Waals surface area contributed by atoms with E-state index in [9.17, 15) is 4.79 Å².